The Morgan fingerprint density at radius 3 is 2.06 bits per heavy atom. The second kappa shape index (κ2) is 5.10. The first-order valence-electron chi connectivity index (χ1n) is 6.41. The molecule has 0 bridgehead atoms. The van der Waals surface area contributed by atoms with Crippen molar-refractivity contribution < 1.29 is 0 Å². The molecule has 1 aromatic heterocycles. The summed E-state index contributed by atoms with van der Waals surface area (Å²) in [5.74, 6) is 0. The van der Waals surface area contributed by atoms with Gasteiger partial charge in [-0.3, -0.25) is 0 Å². The van der Waals surface area contributed by atoms with E-state index in [-0.39, 0.29) is 5.41 Å². The Hall–Kier alpha value is -2.01. The van der Waals surface area contributed by atoms with Gasteiger partial charge in [0.1, 0.15) is 0 Å². The van der Waals surface area contributed by atoms with Crippen molar-refractivity contribution in [2.45, 2.75) is 32.1 Å². The van der Waals surface area contributed by atoms with Gasteiger partial charge < -0.3 is 4.57 Å². The average molecular weight is 238 g/mol. The highest BCUT2D eigenvalue weighted by Crippen LogP contribution is 2.31. The molecular weight excluding hydrogens is 220 g/mol. The van der Waals surface area contributed by atoms with Crippen LogP contribution < -0.4 is 0 Å². The van der Waals surface area contributed by atoms with Crippen molar-refractivity contribution in [2.75, 3.05) is 0 Å². The monoisotopic (exact) mass is 238 g/mol. The summed E-state index contributed by atoms with van der Waals surface area (Å²) in [4.78, 5) is 0. The lowest BCUT2D eigenvalue weighted by atomic mass is 9.77. The number of nitriles is 1. The minimum absolute atomic E-state index is 0.338. The molecule has 2 heteroatoms. The fourth-order valence-electron chi connectivity index (χ4n) is 2.34. The lowest BCUT2D eigenvalue weighted by Crippen LogP contribution is -2.21. The summed E-state index contributed by atoms with van der Waals surface area (Å²) in [5, 5.41) is 9.43. The fourth-order valence-corrected chi connectivity index (χ4v) is 2.34. The molecule has 18 heavy (non-hydrogen) atoms. The minimum atomic E-state index is -0.338. The van der Waals surface area contributed by atoms with Gasteiger partial charge in [0, 0.05) is 18.1 Å². The smallest absolute Gasteiger partial charge is 0.0817 e. The zero-order valence-electron chi connectivity index (χ0n) is 10.9. The highest BCUT2D eigenvalue weighted by molar-refractivity contribution is 5.40. The molecule has 0 aliphatic rings. The molecular formula is C16H18N2. The van der Waals surface area contributed by atoms with E-state index in [4.69, 9.17) is 0 Å². The van der Waals surface area contributed by atoms with Crippen molar-refractivity contribution >= 4 is 0 Å². The molecule has 0 spiro atoms. The second-order valence-corrected chi connectivity index (χ2v) is 4.54. The quantitative estimate of drug-likeness (QED) is 0.789. The van der Waals surface area contributed by atoms with Gasteiger partial charge in [-0.1, -0.05) is 26.0 Å². The van der Waals surface area contributed by atoms with E-state index in [1.54, 1.807) is 0 Å². The van der Waals surface area contributed by atoms with E-state index in [9.17, 15) is 5.26 Å². The maximum Gasteiger partial charge on any atom is 0.0817 e. The average Bonchev–Trinajstić information content (AvgIpc) is 2.96. The summed E-state index contributed by atoms with van der Waals surface area (Å²) in [5.41, 5.74) is 1.91. The fraction of sp³-hybridized carbons (Fsp3) is 0.312. The van der Waals surface area contributed by atoms with Crippen molar-refractivity contribution in [1.82, 2.24) is 4.57 Å². The normalized spacial score (nSPS) is 11.2. The van der Waals surface area contributed by atoms with Crippen LogP contribution in [0.25, 0.3) is 5.69 Å². The summed E-state index contributed by atoms with van der Waals surface area (Å²) in [6, 6.07) is 14.8. The molecule has 1 heterocycles. The Morgan fingerprint density at radius 1 is 1.06 bits per heavy atom. The molecule has 0 N–H and O–H groups in total. The lowest BCUT2D eigenvalue weighted by molar-refractivity contribution is 0.511. The Bertz CT molecular complexity index is 525. The predicted octanol–water partition coefficient (Wildman–Crippen LogP) is 4.06. The van der Waals surface area contributed by atoms with Gasteiger partial charge >= 0.3 is 0 Å². The number of rotatable bonds is 4. The molecule has 0 saturated heterocycles. The zero-order chi connectivity index (χ0) is 13.0. The molecule has 2 aromatic rings. The van der Waals surface area contributed by atoms with Crippen molar-refractivity contribution in [1.29, 1.82) is 5.26 Å². The van der Waals surface area contributed by atoms with E-state index in [0.717, 1.165) is 24.1 Å². The summed E-state index contributed by atoms with van der Waals surface area (Å²) in [6.07, 6.45) is 5.74. The summed E-state index contributed by atoms with van der Waals surface area (Å²) in [7, 11) is 0. The van der Waals surface area contributed by atoms with Crippen LogP contribution in [0, 0.1) is 11.3 Å². The van der Waals surface area contributed by atoms with E-state index in [2.05, 4.69) is 48.7 Å². The van der Waals surface area contributed by atoms with Crippen molar-refractivity contribution in [3.05, 3.63) is 54.4 Å². The first kappa shape index (κ1) is 12.4. The number of hydrogen-bond donors (Lipinski definition) is 0. The molecule has 2 nitrogen and oxygen atoms in total. The second-order valence-electron chi connectivity index (χ2n) is 4.54. The van der Waals surface area contributed by atoms with E-state index >= 15 is 0 Å². The number of aromatic nitrogens is 1. The van der Waals surface area contributed by atoms with E-state index in [0.29, 0.717) is 0 Å². The van der Waals surface area contributed by atoms with Crippen LogP contribution in [-0.2, 0) is 5.41 Å². The predicted molar refractivity (Wildman–Crippen MR) is 73.6 cm³/mol. The summed E-state index contributed by atoms with van der Waals surface area (Å²) >= 11 is 0. The van der Waals surface area contributed by atoms with Crippen LogP contribution in [0.1, 0.15) is 32.3 Å². The van der Waals surface area contributed by atoms with Gasteiger partial charge in [0.25, 0.3) is 0 Å². The van der Waals surface area contributed by atoms with Gasteiger partial charge in [-0.15, -0.1) is 0 Å². The van der Waals surface area contributed by atoms with E-state index in [1.165, 1.54) is 0 Å². The first-order chi connectivity index (χ1) is 8.75. The van der Waals surface area contributed by atoms with Gasteiger partial charge in [0.05, 0.1) is 11.5 Å². The van der Waals surface area contributed by atoms with Crippen LogP contribution in [-0.4, -0.2) is 4.57 Å². The van der Waals surface area contributed by atoms with Crippen LogP contribution in [0.4, 0.5) is 0 Å². The number of nitrogens with zero attached hydrogens (tertiary/aromatic N) is 2. The third-order valence-corrected chi connectivity index (χ3v) is 3.74. The van der Waals surface area contributed by atoms with Crippen molar-refractivity contribution in [3.8, 4) is 11.8 Å². The van der Waals surface area contributed by atoms with Crippen molar-refractivity contribution in [3.63, 3.8) is 0 Å². The maximum atomic E-state index is 9.43. The standard InChI is InChI=1S/C16H18N2/c1-3-16(4-2,13-17)14-7-9-15(10-8-14)18-11-5-6-12-18/h5-12H,3-4H2,1-2H3. The SMILES string of the molecule is CCC(C#N)(CC)c1ccc(-n2cccc2)cc1. The largest absolute Gasteiger partial charge is 0.324 e. The Kier molecular flexibility index (Phi) is 3.53. The molecule has 0 aliphatic heterocycles. The van der Waals surface area contributed by atoms with Crippen LogP contribution in [0.5, 0.6) is 0 Å². The highest BCUT2D eigenvalue weighted by atomic mass is 14.9. The third-order valence-electron chi connectivity index (χ3n) is 3.74. The van der Waals surface area contributed by atoms with Crippen LogP contribution in [0.3, 0.4) is 0 Å². The van der Waals surface area contributed by atoms with Crippen molar-refractivity contribution in [2.24, 2.45) is 0 Å². The van der Waals surface area contributed by atoms with Crippen LogP contribution in [0.15, 0.2) is 48.8 Å². The molecule has 0 fully saturated rings. The number of hydrogen-bond acceptors (Lipinski definition) is 1. The highest BCUT2D eigenvalue weighted by Gasteiger charge is 2.27. The van der Waals surface area contributed by atoms with Crippen LogP contribution in [0.2, 0.25) is 0 Å². The van der Waals surface area contributed by atoms with Gasteiger partial charge in [0.15, 0.2) is 0 Å². The molecule has 0 unspecified atom stereocenters. The number of benzene rings is 1. The topological polar surface area (TPSA) is 28.7 Å². The van der Waals surface area contributed by atoms with Crippen LogP contribution >= 0.6 is 0 Å². The summed E-state index contributed by atoms with van der Waals surface area (Å²) in [6.45, 7) is 4.15. The molecule has 0 aliphatic carbocycles. The molecule has 0 radical (unpaired) electrons. The Morgan fingerprint density at radius 2 is 1.61 bits per heavy atom. The Labute approximate surface area is 108 Å². The third kappa shape index (κ3) is 2.04. The molecule has 0 saturated carbocycles. The Balaban J connectivity index is 2.36. The molecule has 1 aromatic carbocycles. The van der Waals surface area contributed by atoms with E-state index < -0.39 is 0 Å². The van der Waals surface area contributed by atoms with Gasteiger partial charge in [-0.2, -0.15) is 5.26 Å². The molecule has 2 rings (SSSR count). The minimum Gasteiger partial charge on any atom is -0.324 e. The summed E-state index contributed by atoms with van der Waals surface area (Å²) < 4.78 is 2.07. The van der Waals surface area contributed by atoms with Gasteiger partial charge in [-0.25, -0.2) is 0 Å². The van der Waals surface area contributed by atoms with Gasteiger partial charge in [-0.05, 0) is 42.7 Å². The maximum absolute atomic E-state index is 9.43. The van der Waals surface area contributed by atoms with Gasteiger partial charge in [0.2, 0.25) is 0 Å². The zero-order valence-corrected chi connectivity index (χ0v) is 10.9. The molecule has 0 amide bonds. The van der Waals surface area contributed by atoms with E-state index in [1.807, 2.05) is 24.5 Å². The lowest BCUT2D eigenvalue weighted by Gasteiger charge is -2.24. The molecule has 92 valence electrons. The first-order valence-corrected chi connectivity index (χ1v) is 6.41. The molecule has 0 atom stereocenters.